The molecular formula is C30H30FNO4. The lowest BCUT2D eigenvalue weighted by Crippen LogP contribution is -2.21. The summed E-state index contributed by atoms with van der Waals surface area (Å²) in [5, 5.41) is 0.948. The van der Waals surface area contributed by atoms with E-state index >= 15 is 0 Å². The van der Waals surface area contributed by atoms with Crippen LogP contribution in [0.15, 0.2) is 72.8 Å². The molecule has 36 heavy (non-hydrogen) atoms. The molecular weight excluding hydrogens is 457 g/mol. The van der Waals surface area contributed by atoms with Crippen molar-refractivity contribution in [2.24, 2.45) is 5.92 Å². The zero-order valence-corrected chi connectivity index (χ0v) is 20.4. The molecule has 5 rings (SSSR count). The van der Waals surface area contributed by atoms with Crippen LogP contribution in [0.25, 0.3) is 10.9 Å². The second-order valence-corrected chi connectivity index (χ2v) is 9.08. The summed E-state index contributed by atoms with van der Waals surface area (Å²) in [7, 11) is 0. The van der Waals surface area contributed by atoms with Gasteiger partial charge in [-0.15, -0.1) is 0 Å². The van der Waals surface area contributed by atoms with Crippen molar-refractivity contribution < 1.29 is 23.3 Å². The van der Waals surface area contributed by atoms with Gasteiger partial charge in [0.1, 0.15) is 36.3 Å². The van der Waals surface area contributed by atoms with Crippen molar-refractivity contribution in [3.8, 4) is 17.2 Å². The van der Waals surface area contributed by atoms with Crippen molar-refractivity contribution in [1.29, 1.82) is 0 Å². The number of para-hydroxylation sites is 1. The second-order valence-electron chi connectivity index (χ2n) is 9.08. The average Bonchev–Trinajstić information content (AvgIpc) is 2.91. The summed E-state index contributed by atoms with van der Waals surface area (Å²) in [4.78, 5) is 4.81. The Morgan fingerprint density at radius 3 is 2.39 bits per heavy atom. The van der Waals surface area contributed by atoms with Gasteiger partial charge in [-0.2, -0.15) is 0 Å². The largest absolute Gasteiger partial charge is 0.493 e. The topological polar surface area (TPSA) is 49.8 Å². The Bertz CT molecular complexity index is 1310. The summed E-state index contributed by atoms with van der Waals surface area (Å²) < 4.78 is 37.9. The number of rotatable bonds is 9. The van der Waals surface area contributed by atoms with Crippen LogP contribution in [0.4, 0.5) is 4.39 Å². The van der Waals surface area contributed by atoms with Crippen LogP contribution < -0.4 is 14.2 Å². The van der Waals surface area contributed by atoms with Crippen molar-refractivity contribution in [3.05, 3.63) is 95.4 Å². The van der Waals surface area contributed by atoms with E-state index in [1.54, 1.807) is 6.07 Å². The first-order chi connectivity index (χ1) is 17.7. The SMILES string of the molecule is Cc1c(COc2cc(F)cc(OCC3CCOCC3)c2)nc2ccccc2c1OCc1ccccc1. The van der Waals surface area contributed by atoms with Crippen LogP contribution in [0, 0.1) is 18.7 Å². The molecule has 1 aliphatic rings. The quantitative estimate of drug-likeness (QED) is 0.265. The third-order valence-corrected chi connectivity index (χ3v) is 6.45. The summed E-state index contributed by atoms with van der Waals surface area (Å²) in [5.41, 5.74) is 3.55. The molecule has 0 amide bonds. The van der Waals surface area contributed by atoms with E-state index in [-0.39, 0.29) is 6.61 Å². The van der Waals surface area contributed by atoms with Crippen LogP contribution in [0.3, 0.4) is 0 Å². The van der Waals surface area contributed by atoms with E-state index in [4.69, 9.17) is 23.9 Å². The summed E-state index contributed by atoms with van der Waals surface area (Å²) in [6, 6.07) is 22.4. The predicted octanol–water partition coefficient (Wildman–Crippen LogP) is 6.65. The van der Waals surface area contributed by atoms with Gasteiger partial charge in [0, 0.05) is 42.4 Å². The van der Waals surface area contributed by atoms with Gasteiger partial charge in [0.2, 0.25) is 0 Å². The normalized spacial score (nSPS) is 14.1. The monoisotopic (exact) mass is 487 g/mol. The molecule has 0 unspecified atom stereocenters. The van der Waals surface area contributed by atoms with Gasteiger partial charge in [-0.05, 0) is 43.4 Å². The van der Waals surface area contributed by atoms with Gasteiger partial charge in [-0.3, -0.25) is 0 Å². The molecule has 1 saturated heterocycles. The van der Waals surface area contributed by atoms with Gasteiger partial charge in [0.15, 0.2) is 0 Å². The number of fused-ring (bicyclic) bond motifs is 1. The molecule has 0 radical (unpaired) electrons. The van der Waals surface area contributed by atoms with Gasteiger partial charge >= 0.3 is 0 Å². The molecule has 1 aromatic heterocycles. The number of aromatic nitrogens is 1. The number of pyridine rings is 1. The molecule has 2 heterocycles. The van der Waals surface area contributed by atoms with E-state index in [0.717, 1.165) is 59.5 Å². The standard InChI is InChI=1S/C30H30FNO4/c1-21-29(20-35-26-16-24(31)15-25(17-26)34-18-23-11-13-33-14-12-23)32-28-10-6-5-9-27(28)30(21)36-19-22-7-3-2-4-8-22/h2-10,15-17,23H,11-14,18-20H2,1H3. The summed E-state index contributed by atoms with van der Waals surface area (Å²) in [5.74, 6) is 1.67. The lowest BCUT2D eigenvalue weighted by Gasteiger charge is -2.22. The Kier molecular flexibility index (Phi) is 7.62. The van der Waals surface area contributed by atoms with Crippen LogP contribution in [-0.2, 0) is 18.0 Å². The molecule has 1 aliphatic heterocycles. The Labute approximate surface area is 210 Å². The minimum Gasteiger partial charge on any atom is -0.493 e. The molecule has 5 nitrogen and oxygen atoms in total. The predicted molar refractivity (Wildman–Crippen MR) is 137 cm³/mol. The molecule has 1 fully saturated rings. The number of hydrogen-bond donors (Lipinski definition) is 0. The Morgan fingerprint density at radius 2 is 1.58 bits per heavy atom. The maximum absolute atomic E-state index is 14.3. The van der Waals surface area contributed by atoms with E-state index < -0.39 is 5.82 Å². The maximum Gasteiger partial charge on any atom is 0.134 e. The fraction of sp³-hybridized carbons (Fsp3) is 0.300. The van der Waals surface area contributed by atoms with Gasteiger partial charge in [0.25, 0.3) is 0 Å². The van der Waals surface area contributed by atoms with E-state index in [1.165, 1.54) is 12.1 Å². The van der Waals surface area contributed by atoms with E-state index in [2.05, 4.69) is 0 Å². The Hall–Kier alpha value is -3.64. The van der Waals surface area contributed by atoms with Gasteiger partial charge in [0.05, 0.1) is 17.8 Å². The van der Waals surface area contributed by atoms with Crippen LogP contribution in [0.2, 0.25) is 0 Å². The van der Waals surface area contributed by atoms with Crippen molar-refractivity contribution in [2.45, 2.75) is 33.0 Å². The van der Waals surface area contributed by atoms with Crippen LogP contribution >= 0.6 is 0 Å². The first-order valence-electron chi connectivity index (χ1n) is 12.3. The van der Waals surface area contributed by atoms with Gasteiger partial charge < -0.3 is 18.9 Å². The molecule has 186 valence electrons. The maximum atomic E-state index is 14.3. The lowest BCUT2D eigenvalue weighted by atomic mass is 10.0. The fourth-order valence-electron chi connectivity index (χ4n) is 4.36. The Morgan fingerprint density at radius 1 is 0.861 bits per heavy atom. The molecule has 0 N–H and O–H groups in total. The van der Waals surface area contributed by atoms with E-state index in [9.17, 15) is 4.39 Å². The van der Waals surface area contributed by atoms with Gasteiger partial charge in [-0.25, -0.2) is 9.37 Å². The Balaban J connectivity index is 1.32. The van der Waals surface area contributed by atoms with Gasteiger partial charge in [-0.1, -0.05) is 42.5 Å². The first-order valence-corrected chi connectivity index (χ1v) is 12.3. The smallest absolute Gasteiger partial charge is 0.134 e. The average molecular weight is 488 g/mol. The molecule has 0 atom stereocenters. The van der Waals surface area contributed by atoms with Crippen molar-refractivity contribution in [1.82, 2.24) is 4.98 Å². The molecule has 6 heteroatoms. The van der Waals surface area contributed by atoms with Crippen molar-refractivity contribution >= 4 is 10.9 Å². The number of ether oxygens (including phenoxy) is 4. The molecule has 3 aromatic carbocycles. The lowest BCUT2D eigenvalue weighted by molar-refractivity contribution is 0.0496. The zero-order valence-electron chi connectivity index (χ0n) is 20.4. The molecule has 0 spiro atoms. The van der Waals surface area contributed by atoms with Crippen LogP contribution in [0.1, 0.15) is 29.7 Å². The second kappa shape index (κ2) is 11.4. The van der Waals surface area contributed by atoms with Crippen LogP contribution in [-0.4, -0.2) is 24.8 Å². The number of nitrogens with zero attached hydrogens (tertiary/aromatic N) is 1. The highest BCUT2D eigenvalue weighted by atomic mass is 19.1. The highest BCUT2D eigenvalue weighted by molar-refractivity contribution is 5.86. The fourth-order valence-corrected chi connectivity index (χ4v) is 4.36. The summed E-state index contributed by atoms with van der Waals surface area (Å²) >= 11 is 0. The minimum absolute atomic E-state index is 0.182. The zero-order chi connectivity index (χ0) is 24.7. The summed E-state index contributed by atoms with van der Waals surface area (Å²) in [6.07, 6.45) is 1.92. The van der Waals surface area contributed by atoms with E-state index in [1.807, 2.05) is 61.5 Å². The highest BCUT2D eigenvalue weighted by Crippen LogP contribution is 2.32. The molecule has 0 aliphatic carbocycles. The molecule has 0 saturated carbocycles. The number of benzene rings is 3. The molecule has 0 bridgehead atoms. The third-order valence-electron chi connectivity index (χ3n) is 6.45. The summed E-state index contributed by atoms with van der Waals surface area (Å²) in [6.45, 7) is 4.66. The van der Waals surface area contributed by atoms with Crippen LogP contribution in [0.5, 0.6) is 17.2 Å². The first kappa shape index (κ1) is 24.1. The third kappa shape index (κ3) is 5.94. The highest BCUT2D eigenvalue weighted by Gasteiger charge is 2.16. The number of hydrogen-bond acceptors (Lipinski definition) is 5. The van der Waals surface area contributed by atoms with Crippen molar-refractivity contribution in [3.63, 3.8) is 0 Å². The number of halogens is 1. The minimum atomic E-state index is -0.399. The molecule has 4 aromatic rings. The van der Waals surface area contributed by atoms with Crippen molar-refractivity contribution in [2.75, 3.05) is 19.8 Å². The van der Waals surface area contributed by atoms with E-state index in [0.29, 0.717) is 30.6 Å².